The van der Waals surface area contributed by atoms with Crippen LogP contribution in [-0.2, 0) is 19.7 Å². The van der Waals surface area contributed by atoms with Crippen molar-refractivity contribution in [1.82, 2.24) is 0 Å². The summed E-state index contributed by atoms with van der Waals surface area (Å²) in [6.07, 6.45) is -3.04. The lowest BCUT2D eigenvalue weighted by Crippen LogP contribution is -2.61. The second-order valence-corrected chi connectivity index (χ2v) is 8.00. The van der Waals surface area contributed by atoms with Gasteiger partial charge in [-0.25, -0.2) is 0 Å². The maximum absolute atomic E-state index is 12.2. The fourth-order valence-corrected chi connectivity index (χ4v) is 5.01. The molecule has 8 nitrogen and oxygen atoms in total. The van der Waals surface area contributed by atoms with Crippen molar-refractivity contribution in [2.45, 2.75) is 48.8 Å². The maximum atomic E-state index is 12.2. The molecule has 0 amide bonds. The van der Waals surface area contributed by atoms with Crippen LogP contribution < -0.4 is 0 Å². The molecule has 30 heavy (non-hydrogen) atoms. The first-order valence-corrected chi connectivity index (χ1v) is 9.94. The molecule has 5 atom stereocenters. The predicted octanol–water partition coefficient (Wildman–Crippen LogP) is 1.85. The highest BCUT2D eigenvalue weighted by atomic mass is 17.0. The normalized spacial score (nSPS) is 29.4. The number of ether oxygens (including phenoxy) is 2. The standard InChI is InChI=1S/C22H25NO7/c1-15(30-23(26)27)12-21(16-8-4-2-5-9-16,17-10-6-3-7-11-17)22(25)14-29-19-18(24)13-28-20(19)22/h2-11,15,18-20,24-25H,12-14H2,1H3/t15?,18-,19+,20-,22-/m0/s1. The van der Waals surface area contributed by atoms with Crippen molar-refractivity contribution >= 4 is 0 Å². The van der Waals surface area contributed by atoms with Gasteiger partial charge in [0, 0.05) is 0 Å². The largest absolute Gasteiger partial charge is 0.388 e. The summed E-state index contributed by atoms with van der Waals surface area (Å²) in [6, 6.07) is 18.7. The third-order valence-corrected chi connectivity index (χ3v) is 6.22. The van der Waals surface area contributed by atoms with Gasteiger partial charge in [0.15, 0.2) is 0 Å². The van der Waals surface area contributed by atoms with Crippen molar-refractivity contribution < 1.29 is 29.6 Å². The third-order valence-electron chi connectivity index (χ3n) is 6.22. The summed E-state index contributed by atoms with van der Waals surface area (Å²) < 4.78 is 11.6. The lowest BCUT2D eigenvalue weighted by atomic mass is 9.59. The highest BCUT2D eigenvalue weighted by Gasteiger charge is 2.66. The number of benzene rings is 2. The van der Waals surface area contributed by atoms with Crippen LogP contribution in [0.5, 0.6) is 0 Å². The minimum atomic E-state index is -1.59. The molecule has 2 fully saturated rings. The molecule has 1 unspecified atom stereocenters. The molecular weight excluding hydrogens is 390 g/mol. The fraction of sp³-hybridized carbons (Fsp3) is 0.455. The van der Waals surface area contributed by atoms with Crippen LogP contribution in [0.4, 0.5) is 0 Å². The van der Waals surface area contributed by atoms with E-state index in [0.717, 1.165) is 11.1 Å². The van der Waals surface area contributed by atoms with E-state index in [9.17, 15) is 20.3 Å². The van der Waals surface area contributed by atoms with Crippen LogP contribution in [0.3, 0.4) is 0 Å². The smallest absolute Gasteiger partial charge is 0.294 e. The monoisotopic (exact) mass is 415 g/mol. The number of nitrogens with zero attached hydrogens (tertiary/aromatic N) is 1. The number of aliphatic hydroxyl groups is 2. The van der Waals surface area contributed by atoms with E-state index in [2.05, 4.69) is 0 Å². The van der Waals surface area contributed by atoms with Gasteiger partial charge in [0.2, 0.25) is 0 Å². The van der Waals surface area contributed by atoms with Crippen molar-refractivity contribution in [1.29, 1.82) is 0 Å². The second kappa shape index (κ2) is 7.96. The Morgan fingerprint density at radius 2 is 1.73 bits per heavy atom. The Hall–Kier alpha value is -2.52. The molecule has 2 aromatic rings. The van der Waals surface area contributed by atoms with E-state index in [1.54, 1.807) is 6.92 Å². The van der Waals surface area contributed by atoms with Crippen LogP contribution in [0, 0.1) is 10.1 Å². The number of hydrogen-bond donors (Lipinski definition) is 2. The first-order valence-electron chi connectivity index (χ1n) is 9.94. The van der Waals surface area contributed by atoms with Gasteiger partial charge in [-0.1, -0.05) is 60.7 Å². The molecule has 0 radical (unpaired) electrons. The van der Waals surface area contributed by atoms with Gasteiger partial charge in [0.25, 0.3) is 5.09 Å². The predicted molar refractivity (Wildman–Crippen MR) is 106 cm³/mol. The molecule has 8 heteroatoms. The zero-order valence-corrected chi connectivity index (χ0v) is 16.6. The van der Waals surface area contributed by atoms with Crippen molar-refractivity contribution in [3.63, 3.8) is 0 Å². The topological polar surface area (TPSA) is 111 Å². The minimum absolute atomic E-state index is 0.0538. The SMILES string of the molecule is CC(CC(c1ccccc1)(c1ccccc1)[C@]1(O)CO[C@@H]2[C@@H](O)CO[C@@H]21)O[N+](=O)[O-]. The average molecular weight is 415 g/mol. The van der Waals surface area contributed by atoms with Gasteiger partial charge in [0.1, 0.15) is 30.0 Å². The highest BCUT2D eigenvalue weighted by molar-refractivity contribution is 5.45. The molecule has 2 aliphatic rings. The van der Waals surface area contributed by atoms with Crippen LogP contribution in [0.2, 0.25) is 0 Å². The molecule has 2 heterocycles. The molecule has 0 saturated carbocycles. The van der Waals surface area contributed by atoms with E-state index in [0.29, 0.717) is 0 Å². The summed E-state index contributed by atoms with van der Waals surface area (Å²) in [6.45, 7) is 1.57. The van der Waals surface area contributed by atoms with Gasteiger partial charge in [-0.05, 0) is 24.5 Å². The van der Waals surface area contributed by atoms with E-state index >= 15 is 0 Å². The molecule has 0 aromatic heterocycles. The van der Waals surface area contributed by atoms with E-state index < -0.39 is 40.5 Å². The van der Waals surface area contributed by atoms with E-state index in [4.69, 9.17) is 14.3 Å². The highest BCUT2D eigenvalue weighted by Crippen LogP contribution is 2.52. The number of rotatable bonds is 7. The maximum Gasteiger partial charge on any atom is 0.294 e. The lowest BCUT2D eigenvalue weighted by molar-refractivity contribution is -0.768. The fourth-order valence-electron chi connectivity index (χ4n) is 5.01. The van der Waals surface area contributed by atoms with Gasteiger partial charge in [-0.15, -0.1) is 10.1 Å². The molecule has 0 aliphatic carbocycles. The van der Waals surface area contributed by atoms with Crippen LogP contribution in [0.1, 0.15) is 24.5 Å². The van der Waals surface area contributed by atoms with Crippen molar-refractivity contribution in [3.8, 4) is 0 Å². The summed E-state index contributed by atoms with van der Waals surface area (Å²) in [5.74, 6) is 0. The zero-order valence-electron chi connectivity index (χ0n) is 16.6. The Labute approximate surface area is 174 Å². The summed E-state index contributed by atoms with van der Waals surface area (Å²) in [5, 5.41) is 32.7. The van der Waals surface area contributed by atoms with E-state index in [1.807, 2.05) is 60.7 Å². The summed E-state index contributed by atoms with van der Waals surface area (Å²) in [4.78, 5) is 15.9. The van der Waals surface area contributed by atoms with Crippen molar-refractivity contribution in [2.75, 3.05) is 13.2 Å². The van der Waals surface area contributed by atoms with E-state index in [1.165, 1.54) is 0 Å². The van der Waals surface area contributed by atoms with Gasteiger partial charge < -0.3 is 24.5 Å². The van der Waals surface area contributed by atoms with Crippen LogP contribution in [0.15, 0.2) is 60.7 Å². The Balaban J connectivity index is 1.92. The van der Waals surface area contributed by atoms with E-state index in [-0.39, 0.29) is 19.6 Å². The molecule has 0 bridgehead atoms. The zero-order chi connectivity index (χ0) is 21.4. The van der Waals surface area contributed by atoms with Crippen molar-refractivity contribution in [2.24, 2.45) is 0 Å². The Kier molecular flexibility index (Phi) is 5.50. The molecule has 160 valence electrons. The third kappa shape index (κ3) is 3.26. The molecular formula is C22H25NO7. The first-order chi connectivity index (χ1) is 14.4. The number of fused-ring (bicyclic) bond motifs is 1. The van der Waals surface area contributed by atoms with Gasteiger partial charge in [-0.2, -0.15) is 0 Å². The summed E-state index contributed by atoms with van der Waals surface area (Å²) in [5.41, 5.74) is -1.22. The van der Waals surface area contributed by atoms with Crippen LogP contribution >= 0.6 is 0 Å². The Bertz CT molecular complexity index is 838. The van der Waals surface area contributed by atoms with Gasteiger partial charge in [-0.3, -0.25) is 0 Å². The quantitative estimate of drug-likeness (QED) is 0.524. The van der Waals surface area contributed by atoms with Crippen molar-refractivity contribution in [3.05, 3.63) is 81.9 Å². The summed E-state index contributed by atoms with van der Waals surface area (Å²) in [7, 11) is 0. The second-order valence-electron chi connectivity index (χ2n) is 8.00. The number of aliphatic hydroxyl groups excluding tert-OH is 1. The molecule has 4 rings (SSSR count). The summed E-state index contributed by atoms with van der Waals surface area (Å²) >= 11 is 0. The van der Waals surface area contributed by atoms with Crippen LogP contribution in [0.25, 0.3) is 0 Å². The lowest BCUT2D eigenvalue weighted by Gasteiger charge is -2.48. The average Bonchev–Trinajstić information content (AvgIpc) is 3.28. The Morgan fingerprint density at radius 1 is 1.17 bits per heavy atom. The molecule has 2 saturated heterocycles. The molecule has 0 spiro atoms. The molecule has 2 aromatic carbocycles. The molecule has 2 aliphatic heterocycles. The van der Waals surface area contributed by atoms with Gasteiger partial charge in [0.05, 0.1) is 18.6 Å². The Morgan fingerprint density at radius 3 is 2.27 bits per heavy atom. The first kappa shape index (κ1) is 20.7. The van der Waals surface area contributed by atoms with Crippen LogP contribution in [-0.4, -0.2) is 58.5 Å². The molecule has 2 N–H and O–H groups in total. The number of hydrogen-bond acceptors (Lipinski definition) is 7. The minimum Gasteiger partial charge on any atom is -0.388 e. The van der Waals surface area contributed by atoms with Gasteiger partial charge >= 0.3 is 0 Å².